The molecule has 0 aliphatic carbocycles. The molecule has 0 spiro atoms. The highest BCUT2D eigenvalue weighted by molar-refractivity contribution is 7.89. The first-order chi connectivity index (χ1) is 9.12. The largest absolute Gasteiger partial charge is 0.492 e. The number of ether oxygens (including phenoxy) is 1. The molecule has 0 fully saturated rings. The molecule has 0 bridgehead atoms. The molecule has 5 nitrogen and oxygen atoms in total. The zero-order valence-corrected chi connectivity index (χ0v) is 13.6. The lowest BCUT2D eigenvalue weighted by atomic mass is 10.0. The van der Waals surface area contributed by atoms with Crippen molar-refractivity contribution in [3.05, 3.63) is 23.3 Å². The van der Waals surface area contributed by atoms with E-state index < -0.39 is 10.0 Å². The molecule has 20 heavy (non-hydrogen) atoms. The van der Waals surface area contributed by atoms with Crippen LogP contribution in [-0.2, 0) is 10.0 Å². The molecule has 0 saturated heterocycles. The summed E-state index contributed by atoms with van der Waals surface area (Å²) in [6.45, 7) is 7.07. The molecule has 114 valence electrons. The van der Waals surface area contributed by atoms with Crippen LogP contribution in [0.5, 0.6) is 5.75 Å². The zero-order chi connectivity index (χ0) is 15.5. The van der Waals surface area contributed by atoms with Crippen molar-refractivity contribution in [2.24, 2.45) is 5.14 Å². The lowest BCUT2D eigenvalue weighted by Crippen LogP contribution is -2.20. The first-order valence-corrected chi connectivity index (χ1v) is 8.12. The third kappa shape index (κ3) is 4.47. The Labute approximate surface area is 121 Å². The van der Waals surface area contributed by atoms with Crippen LogP contribution in [0.3, 0.4) is 0 Å². The van der Waals surface area contributed by atoms with E-state index >= 15 is 0 Å². The van der Waals surface area contributed by atoms with Crippen LogP contribution in [0.2, 0.25) is 0 Å². The van der Waals surface area contributed by atoms with Crippen LogP contribution in [0.25, 0.3) is 0 Å². The van der Waals surface area contributed by atoms with Gasteiger partial charge in [-0.1, -0.05) is 13.8 Å². The second-order valence-electron chi connectivity index (χ2n) is 5.51. The highest BCUT2D eigenvalue weighted by atomic mass is 32.2. The summed E-state index contributed by atoms with van der Waals surface area (Å²) < 4.78 is 28.9. The Bertz CT molecular complexity index is 566. The van der Waals surface area contributed by atoms with Gasteiger partial charge in [0.25, 0.3) is 0 Å². The molecular formula is C14H24N2O3S. The zero-order valence-electron chi connectivity index (χ0n) is 12.8. The summed E-state index contributed by atoms with van der Waals surface area (Å²) in [6.07, 6.45) is 0. The van der Waals surface area contributed by atoms with Gasteiger partial charge in [-0.05, 0) is 50.2 Å². The fourth-order valence-corrected chi connectivity index (χ4v) is 2.70. The Balaban J connectivity index is 3.15. The van der Waals surface area contributed by atoms with Crippen molar-refractivity contribution in [3.8, 4) is 5.75 Å². The average Bonchev–Trinajstić information content (AvgIpc) is 2.26. The standard InChI is InChI=1S/C14H24N2O3S/c1-10(2)12-9-14(20(15,17)18)11(3)8-13(12)19-7-6-16(4)5/h8-10H,6-7H2,1-5H3,(H2,15,17,18). The number of likely N-dealkylation sites (N-methyl/N-ethyl adjacent to an activating group) is 1. The smallest absolute Gasteiger partial charge is 0.238 e. The normalized spacial score (nSPS) is 12.2. The molecule has 0 aliphatic heterocycles. The third-order valence-electron chi connectivity index (χ3n) is 3.03. The first-order valence-electron chi connectivity index (χ1n) is 6.57. The van der Waals surface area contributed by atoms with Gasteiger partial charge in [-0.3, -0.25) is 0 Å². The van der Waals surface area contributed by atoms with Gasteiger partial charge < -0.3 is 9.64 Å². The average molecular weight is 300 g/mol. The van der Waals surface area contributed by atoms with Crippen LogP contribution in [0.4, 0.5) is 0 Å². The van der Waals surface area contributed by atoms with Crippen molar-refractivity contribution in [3.63, 3.8) is 0 Å². The van der Waals surface area contributed by atoms with E-state index in [0.29, 0.717) is 12.2 Å². The van der Waals surface area contributed by atoms with E-state index in [9.17, 15) is 8.42 Å². The second-order valence-corrected chi connectivity index (χ2v) is 7.04. The predicted octanol–water partition coefficient (Wildman–Crippen LogP) is 1.71. The van der Waals surface area contributed by atoms with Gasteiger partial charge in [0.1, 0.15) is 12.4 Å². The lowest BCUT2D eigenvalue weighted by Gasteiger charge is -2.18. The molecule has 0 unspecified atom stereocenters. The number of hydrogen-bond acceptors (Lipinski definition) is 4. The second kappa shape index (κ2) is 6.56. The molecule has 1 aromatic carbocycles. The molecule has 0 amide bonds. The molecule has 0 aliphatic rings. The number of sulfonamides is 1. The fraction of sp³-hybridized carbons (Fsp3) is 0.571. The van der Waals surface area contributed by atoms with Crippen molar-refractivity contribution in [2.45, 2.75) is 31.6 Å². The summed E-state index contributed by atoms with van der Waals surface area (Å²) in [4.78, 5) is 2.20. The molecule has 1 rings (SSSR count). The van der Waals surface area contributed by atoms with E-state index in [4.69, 9.17) is 9.88 Å². The summed E-state index contributed by atoms with van der Waals surface area (Å²) in [5, 5.41) is 5.24. The number of rotatable bonds is 6. The van der Waals surface area contributed by atoms with Gasteiger partial charge in [-0.2, -0.15) is 0 Å². The maximum atomic E-state index is 11.6. The van der Waals surface area contributed by atoms with Crippen LogP contribution in [0.1, 0.15) is 30.9 Å². The number of aryl methyl sites for hydroxylation is 1. The van der Waals surface area contributed by atoms with Crippen molar-refractivity contribution in [1.29, 1.82) is 0 Å². The molecule has 0 aromatic heterocycles. The maximum absolute atomic E-state index is 11.6. The summed E-state index contributed by atoms with van der Waals surface area (Å²) in [6, 6.07) is 3.38. The molecule has 0 saturated carbocycles. The van der Waals surface area contributed by atoms with E-state index in [1.165, 1.54) is 0 Å². The Hall–Kier alpha value is -1.11. The number of nitrogens with zero attached hydrogens (tertiary/aromatic N) is 1. The van der Waals surface area contributed by atoms with Crippen LogP contribution in [0, 0.1) is 6.92 Å². The van der Waals surface area contributed by atoms with E-state index in [-0.39, 0.29) is 10.8 Å². The number of nitrogens with two attached hydrogens (primary N) is 1. The molecule has 0 atom stereocenters. The molecule has 2 N–H and O–H groups in total. The maximum Gasteiger partial charge on any atom is 0.238 e. The summed E-state index contributed by atoms with van der Waals surface area (Å²) >= 11 is 0. The van der Waals surface area contributed by atoms with E-state index in [1.807, 2.05) is 32.8 Å². The highest BCUT2D eigenvalue weighted by Crippen LogP contribution is 2.31. The Kier molecular flexibility index (Phi) is 5.56. The van der Waals surface area contributed by atoms with Crippen LogP contribution < -0.4 is 9.88 Å². The summed E-state index contributed by atoms with van der Waals surface area (Å²) in [5.41, 5.74) is 1.47. The van der Waals surface area contributed by atoms with Crippen LogP contribution in [-0.4, -0.2) is 40.6 Å². The molecule has 1 aromatic rings. The van der Waals surface area contributed by atoms with Gasteiger partial charge >= 0.3 is 0 Å². The van der Waals surface area contributed by atoms with Gasteiger partial charge in [-0.25, -0.2) is 13.6 Å². The monoisotopic (exact) mass is 300 g/mol. The summed E-state index contributed by atoms with van der Waals surface area (Å²) in [5.74, 6) is 0.886. The van der Waals surface area contributed by atoms with E-state index in [1.54, 1.807) is 19.1 Å². The third-order valence-corrected chi connectivity index (χ3v) is 4.08. The van der Waals surface area contributed by atoms with Gasteiger partial charge in [0.2, 0.25) is 10.0 Å². The van der Waals surface area contributed by atoms with E-state index in [0.717, 1.165) is 17.9 Å². The van der Waals surface area contributed by atoms with Crippen molar-refractivity contribution < 1.29 is 13.2 Å². The minimum Gasteiger partial charge on any atom is -0.492 e. The van der Waals surface area contributed by atoms with Crippen LogP contribution >= 0.6 is 0 Å². The fourth-order valence-electron chi connectivity index (χ4n) is 1.90. The first kappa shape index (κ1) is 16.9. The molecular weight excluding hydrogens is 276 g/mol. The van der Waals surface area contributed by atoms with Gasteiger partial charge in [-0.15, -0.1) is 0 Å². The topological polar surface area (TPSA) is 72.6 Å². The van der Waals surface area contributed by atoms with Crippen molar-refractivity contribution in [2.75, 3.05) is 27.2 Å². The molecule has 0 radical (unpaired) electrons. The minimum atomic E-state index is -3.70. The Morgan fingerprint density at radius 1 is 1.30 bits per heavy atom. The van der Waals surface area contributed by atoms with Gasteiger partial charge in [0.15, 0.2) is 0 Å². The highest BCUT2D eigenvalue weighted by Gasteiger charge is 2.17. The quantitative estimate of drug-likeness (QED) is 0.868. The number of benzene rings is 1. The van der Waals surface area contributed by atoms with Crippen LogP contribution in [0.15, 0.2) is 17.0 Å². The predicted molar refractivity (Wildman–Crippen MR) is 80.7 cm³/mol. The SMILES string of the molecule is Cc1cc(OCCN(C)C)c(C(C)C)cc1S(N)(=O)=O. The van der Waals surface area contributed by atoms with Crippen molar-refractivity contribution in [1.82, 2.24) is 4.90 Å². The van der Waals surface area contributed by atoms with E-state index in [2.05, 4.69) is 0 Å². The number of primary sulfonamides is 1. The summed E-state index contributed by atoms with van der Waals surface area (Å²) in [7, 11) is 0.245. The number of hydrogen-bond donors (Lipinski definition) is 1. The van der Waals surface area contributed by atoms with Gasteiger partial charge in [0, 0.05) is 6.54 Å². The lowest BCUT2D eigenvalue weighted by molar-refractivity contribution is 0.258. The Morgan fingerprint density at radius 2 is 1.90 bits per heavy atom. The minimum absolute atomic E-state index is 0.158. The molecule has 6 heteroatoms. The molecule has 0 heterocycles. The van der Waals surface area contributed by atoms with Crippen molar-refractivity contribution >= 4 is 10.0 Å². The van der Waals surface area contributed by atoms with Gasteiger partial charge in [0.05, 0.1) is 4.90 Å². The Morgan fingerprint density at radius 3 is 2.35 bits per heavy atom.